The quantitative estimate of drug-likeness (QED) is 0.340. The molecule has 2 heterocycles. The number of nitrogens with zero attached hydrogens (tertiary/aromatic N) is 1. The summed E-state index contributed by atoms with van der Waals surface area (Å²) in [5, 5.41) is 0.675. The van der Waals surface area contributed by atoms with Crippen LogP contribution in [-0.4, -0.2) is 44.7 Å². The summed E-state index contributed by atoms with van der Waals surface area (Å²) >= 11 is 0. The van der Waals surface area contributed by atoms with Crippen LogP contribution >= 0.6 is 0 Å². The third-order valence-electron chi connectivity index (χ3n) is 6.18. The zero-order valence-electron chi connectivity index (χ0n) is 20.6. The van der Waals surface area contributed by atoms with Crippen molar-refractivity contribution >= 4 is 26.9 Å². The molecule has 0 unspecified atom stereocenters. The van der Waals surface area contributed by atoms with Crippen molar-refractivity contribution in [2.24, 2.45) is 0 Å². The van der Waals surface area contributed by atoms with E-state index in [1.807, 2.05) is 0 Å². The van der Waals surface area contributed by atoms with E-state index in [1.165, 1.54) is 32.4 Å². The number of pyridine rings is 1. The van der Waals surface area contributed by atoms with Crippen LogP contribution in [0.2, 0.25) is 0 Å². The summed E-state index contributed by atoms with van der Waals surface area (Å²) in [4.78, 5) is 28.0. The Morgan fingerprint density at radius 3 is 2.55 bits per heavy atom. The maximum absolute atomic E-state index is 14.0. The Labute approximate surface area is 218 Å². The monoisotopic (exact) mass is 536 g/mol. The molecular weight excluding hydrogens is 512 g/mol. The number of carbonyl (C=O) groups excluding carboxylic acids is 1. The smallest absolute Gasteiger partial charge is 0.339 e. The lowest BCUT2D eigenvalue weighted by Gasteiger charge is -2.23. The first-order chi connectivity index (χ1) is 18.3. The minimum absolute atomic E-state index is 0.0727. The second-order valence-corrected chi connectivity index (χ2v) is 10.4. The van der Waals surface area contributed by atoms with Crippen LogP contribution in [0.15, 0.2) is 76.4 Å². The molecule has 5 rings (SSSR count). The highest BCUT2D eigenvalue weighted by Crippen LogP contribution is 2.34. The second-order valence-electron chi connectivity index (χ2n) is 8.53. The Hall–Kier alpha value is -4.35. The second kappa shape index (κ2) is 10.2. The van der Waals surface area contributed by atoms with Crippen LogP contribution in [0.4, 0.5) is 0 Å². The van der Waals surface area contributed by atoms with E-state index in [4.69, 9.17) is 18.9 Å². The van der Waals surface area contributed by atoms with Gasteiger partial charge in [0.05, 0.1) is 24.7 Å². The van der Waals surface area contributed by atoms with Crippen LogP contribution in [0.3, 0.4) is 0 Å². The van der Waals surface area contributed by atoms with Gasteiger partial charge in [-0.05, 0) is 54.1 Å². The van der Waals surface area contributed by atoms with Gasteiger partial charge in [0.2, 0.25) is 16.8 Å². The maximum Gasteiger partial charge on any atom is 0.339 e. The van der Waals surface area contributed by atoms with E-state index in [2.05, 4.69) is 4.98 Å². The molecule has 0 saturated heterocycles. The van der Waals surface area contributed by atoms with Gasteiger partial charge in [-0.25, -0.2) is 13.2 Å². The number of aromatic amines is 1. The molecule has 4 aromatic rings. The molecule has 38 heavy (non-hydrogen) atoms. The highest BCUT2D eigenvalue weighted by molar-refractivity contribution is 7.89. The molecule has 0 bridgehead atoms. The summed E-state index contributed by atoms with van der Waals surface area (Å²) in [6.07, 6.45) is 0. The fraction of sp³-hybridized carbons (Fsp3) is 0.185. The van der Waals surface area contributed by atoms with Crippen LogP contribution in [0.5, 0.6) is 17.2 Å². The van der Waals surface area contributed by atoms with Crippen LogP contribution in [0.1, 0.15) is 21.5 Å². The van der Waals surface area contributed by atoms with Crippen LogP contribution in [-0.2, 0) is 27.8 Å². The number of esters is 1. The van der Waals surface area contributed by atoms with E-state index >= 15 is 0 Å². The summed E-state index contributed by atoms with van der Waals surface area (Å²) in [5.41, 5.74) is 0.858. The summed E-state index contributed by atoms with van der Waals surface area (Å²) in [7, 11) is -1.58. The average molecular weight is 537 g/mol. The third-order valence-corrected chi connectivity index (χ3v) is 8.03. The van der Waals surface area contributed by atoms with E-state index < -0.39 is 21.6 Å². The summed E-state index contributed by atoms with van der Waals surface area (Å²) in [6, 6.07) is 17.7. The molecule has 10 nitrogen and oxygen atoms in total. The van der Waals surface area contributed by atoms with Crippen molar-refractivity contribution in [1.82, 2.24) is 9.29 Å². The Morgan fingerprint density at radius 2 is 1.76 bits per heavy atom. The van der Waals surface area contributed by atoms with Crippen LogP contribution < -0.4 is 19.8 Å². The molecule has 0 aliphatic carbocycles. The highest BCUT2D eigenvalue weighted by atomic mass is 32.2. The summed E-state index contributed by atoms with van der Waals surface area (Å²) in [6.45, 7) is -0.304. The number of H-pyrrole nitrogens is 1. The number of hydrogen-bond donors (Lipinski definition) is 1. The van der Waals surface area contributed by atoms with Gasteiger partial charge in [0, 0.05) is 29.6 Å². The lowest BCUT2D eigenvalue weighted by molar-refractivity contribution is 0.0596. The number of aromatic nitrogens is 1. The topological polar surface area (TPSA) is 124 Å². The van der Waals surface area contributed by atoms with Crippen molar-refractivity contribution in [2.75, 3.05) is 21.0 Å². The first-order valence-electron chi connectivity index (χ1n) is 11.6. The molecule has 0 radical (unpaired) electrons. The van der Waals surface area contributed by atoms with Gasteiger partial charge in [-0.3, -0.25) is 4.79 Å². The molecule has 0 spiro atoms. The Morgan fingerprint density at radius 1 is 0.974 bits per heavy atom. The molecule has 1 aliphatic heterocycles. The van der Waals surface area contributed by atoms with Gasteiger partial charge in [-0.2, -0.15) is 4.31 Å². The number of benzene rings is 3. The van der Waals surface area contributed by atoms with E-state index in [-0.39, 0.29) is 35.9 Å². The number of hydrogen-bond acceptors (Lipinski definition) is 8. The molecule has 0 atom stereocenters. The SMILES string of the molecule is COC(=O)c1ccccc1S(=O)(=O)N(Cc1ccc2c(c1)OCO2)Cc1cc2cc(OC)ccc2[nH]c1=O. The fourth-order valence-corrected chi connectivity index (χ4v) is 5.83. The van der Waals surface area contributed by atoms with Crippen molar-refractivity contribution in [1.29, 1.82) is 0 Å². The van der Waals surface area contributed by atoms with Gasteiger partial charge in [-0.15, -0.1) is 0 Å². The van der Waals surface area contributed by atoms with Crippen molar-refractivity contribution < 1.29 is 32.2 Å². The third kappa shape index (κ3) is 4.81. The minimum atomic E-state index is -4.30. The number of rotatable bonds is 8. The van der Waals surface area contributed by atoms with Gasteiger partial charge in [0.1, 0.15) is 5.75 Å². The molecule has 11 heteroatoms. The predicted octanol–water partition coefficient (Wildman–Crippen LogP) is 3.44. The molecule has 0 amide bonds. The van der Waals surface area contributed by atoms with Crippen molar-refractivity contribution in [3.8, 4) is 17.2 Å². The number of sulfonamides is 1. The predicted molar refractivity (Wildman–Crippen MR) is 138 cm³/mol. The summed E-state index contributed by atoms with van der Waals surface area (Å²) < 4.78 is 50.1. The Balaban J connectivity index is 1.60. The lowest BCUT2D eigenvalue weighted by Crippen LogP contribution is -2.33. The van der Waals surface area contributed by atoms with E-state index in [9.17, 15) is 18.0 Å². The molecule has 1 N–H and O–H groups in total. The molecule has 0 fully saturated rings. The Bertz CT molecular complexity index is 1700. The molecule has 3 aromatic carbocycles. The van der Waals surface area contributed by atoms with E-state index in [0.29, 0.717) is 33.7 Å². The van der Waals surface area contributed by atoms with Crippen molar-refractivity contribution in [3.05, 3.63) is 93.8 Å². The van der Waals surface area contributed by atoms with Gasteiger partial charge < -0.3 is 23.9 Å². The number of ether oxygens (including phenoxy) is 4. The lowest BCUT2D eigenvalue weighted by atomic mass is 10.1. The molecule has 0 saturated carbocycles. The largest absolute Gasteiger partial charge is 0.497 e. The van der Waals surface area contributed by atoms with E-state index in [0.717, 1.165) is 4.31 Å². The molecule has 1 aromatic heterocycles. The zero-order valence-corrected chi connectivity index (χ0v) is 21.4. The molecule has 196 valence electrons. The van der Waals surface area contributed by atoms with Crippen LogP contribution in [0, 0.1) is 0 Å². The average Bonchev–Trinajstić information content (AvgIpc) is 3.40. The number of fused-ring (bicyclic) bond motifs is 2. The molecular formula is C27H24N2O8S. The maximum atomic E-state index is 14.0. The first-order valence-corrected chi connectivity index (χ1v) is 13.0. The van der Waals surface area contributed by atoms with Crippen molar-refractivity contribution in [2.45, 2.75) is 18.0 Å². The number of methoxy groups -OCH3 is 2. The number of nitrogens with one attached hydrogen (secondary N) is 1. The minimum Gasteiger partial charge on any atom is -0.497 e. The standard InChI is InChI=1S/C27H24N2O8S/c1-34-20-8-9-22-18(13-20)12-19(26(30)28-22)15-29(14-17-7-10-23-24(11-17)37-16-36-23)38(32,33)25-6-4-3-5-21(25)27(31)35-2/h3-13H,14-16H2,1-2H3,(H,28,30). The number of carbonyl (C=O) groups is 1. The summed E-state index contributed by atoms with van der Waals surface area (Å²) in [5.74, 6) is 0.847. The normalized spacial score (nSPS) is 12.6. The van der Waals surface area contributed by atoms with Crippen molar-refractivity contribution in [3.63, 3.8) is 0 Å². The molecule has 1 aliphatic rings. The fourth-order valence-electron chi connectivity index (χ4n) is 4.24. The van der Waals surface area contributed by atoms with Gasteiger partial charge in [0.25, 0.3) is 5.56 Å². The van der Waals surface area contributed by atoms with Gasteiger partial charge in [-0.1, -0.05) is 18.2 Å². The highest BCUT2D eigenvalue weighted by Gasteiger charge is 2.31. The van der Waals surface area contributed by atoms with Gasteiger partial charge in [0.15, 0.2) is 11.5 Å². The zero-order chi connectivity index (χ0) is 26.9. The Kier molecular flexibility index (Phi) is 6.79. The van der Waals surface area contributed by atoms with E-state index in [1.54, 1.807) is 48.5 Å². The first kappa shape index (κ1) is 25.3. The van der Waals surface area contributed by atoms with Gasteiger partial charge >= 0.3 is 5.97 Å². The van der Waals surface area contributed by atoms with Crippen LogP contribution in [0.25, 0.3) is 10.9 Å².